The second kappa shape index (κ2) is 12.1. The number of nitrogens with one attached hydrogen (secondary N) is 1. The molecule has 0 aliphatic carbocycles. The van der Waals surface area contributed by atoms with Gasteiger partial charge in [-0.1, -0.05) is 32.0 Å². The van der Waals surface area contributed by atoms with Crippen LogP contribution in [0.1, 0.15) is 44.2 Å². The van der Waals surface area contributed by atoms with Gasteiger partial charge in [-0.15, -0.1) is 0 Å². The van der Waals surface area contributed by atoms with Crippen LogP contribution in [-0.4, -0.2) is 49.6 Å². The molecule has 0 saturated heterocycles. The molecule has 2 amide bonds. The van der Waals surface area contributed by atoms with Gasteiger partial charge in [-0.2, -0.15) is 0 Å². The summed E-state index contributed by atoms with van der Waals surface area (Å²) in [5.74, 6) is 2.03. The van der Waals surface area contributed by atoms with Crippen LogP contribution in [0.15, 0.2) is 42.5 Å². The van der Waals surface area contributed by atoms with Gasteiger partial charge >= 0.3 is 0 Å². The average molecular weight is 455 g/mol. The summed E-state index contributed by atoms with van der Waals surface area (Å²) >= 11 is 0. The van der Waals surface area contributed by atoms with Crippen molar-refractivity contribution < 1.29 is 23.8 Å². The molecule has 0 unspecified atom stereocenters. The molecule has 0 saturated carbocycles. The number of benzene rings is 2. The van der Waals surface area contributed by atoms with Gasteiger partial charge in [0.15, 0.2) is 11.5 Å². The van der Waals surface area contributed by atoms with Crippen molar-refractivity contribution in [2.75, 3.05) is 26.9 Å². The Morgan fingerprint density at radius 3 is 2.39 bits per heavy atom. The molecule has 1 N–H and O–H groups in total. The monoisotopic (exact) mass is 454 g/mol. The van der Waals surface area contributed by atoms with Crippen molar-refractivity contribution in [1.29, 1.82) is 0 Å². The van der Waals surface area contributed by atoms with Gasteiger partial charge in [0, 0.05) is 19.5 Å². The van der Waals surface area contributed by atoms with Crippen LogP contribution in [0.2, 0.25) is 0 Å². The number of amides is 2. The van der Waals surface area contributed by atoms with Crippen LogP contribution in [0.25, 0.3) is 0 Å². The van der Waals surface area contributed by atoms with Gasteiger partial charge in [0.1, 0.15) is 25.0 Å². The lowest BCUT2D eigenvalue weighted by Gasteiger charge is -2.31. The van der Waals surface area contributed by atoms with E-state index in [2.05, 4.69) is 5.32 Å². The summed E-state index contributed by atoms with van der Waals surface area (Å²) in [6, 6.07) is 12.8. The molecule has 2 aromatic rings. The van der Waals surface area contributed by atoms with Gasteiger partial charge < -0.3 is 24.4 Å². The largest absolute Gasteiger partial charge is 0.497 e. The van der Waals surface area contributed by atoms with E-state index in [0.717, 1.165) is 29.0 Å². The minimum Gasteiger partial charge on any atom is -0.497 e. The van der Waals surface area contributed by atoms with Crippen molar-refractivity contribution in [3.63, 3.8) is 0 Å². The van der Waals surface area contributed by atoms with Gasteiger partial charge in [0.2, 0.25) is 11.8 Å². The molecule has 1 aliphatic rings. The molecule has 0 radical (unpaired) electrons. The second-order valence-electron chi connectivity index (χ2n) is 8.06. The number of fused-ring (bicyclic) bond motifs is 1. The van der Waals surface area contributed by atoms with Crippen LogP contribution in [-0.2, 0) is 22.6 Å². The molecule has 2 aromatic carbocycles. The smallest absolute Gasteiger partial charge is 0.242 e. The molecule has 1 atom stereocenters. The number of hydrogen-bond acceptors (Lipinski definition) is 5. The van der Waals surface area contributed by atoms with Gasteiger partial charge in [-0.05, 0) is 54.7 Å². The van der Waals surface area contributed by atoms with Crippen LogP contribution < -0.4 is 19.5 Å². The Balaban J connectivity index is 1.74. The van der Waals surface area contributed by atoms with E-state index in [1.54, 1.807) is 12.0 Å². The third kappa shape index (κ3) is 6.63. The average Bonchev–Trinajstić information content (AvgIpc) is 2.86. The van der Waals surface area contributed by atoms with Crippen LogP contribution in [0.4, 0.5) is 0 Å². The summed E-state index contributed by atoms with van der Waals surface area (Å²) in [7, 11) is 1.62. The summed E-state index contributed by atoms with van der Waals surface area (Å²) in [5, 5.41) is 2.95. The number of hydrogen-bond donors (Lipinski definition) is 1. The highest BCUT2D eigenvalue weighted by Crippen LogP contribution is 2.31. The summed E-state index contributed by atoms with van der Waals surface area (Å²) < 4.78 is 16.5. The first-order valence-electron chi connectivity index (χ1n) is 11.6. The Morgan fingerprint density at radius 2 is 1.73 bits per heavy atom. The highest BCUT2D eigenvalue weighted by Gasteiger charge is 2.28. The summed E-state index contributed by atoms with van der Waals surface area (Å²) in [6.45, 7) is 5.97. The summed E-state index contributed by atoms with van der Waals surface area (Å²) in [5.41, 5.74) is 1.95. The number of aryl methyl sites for hydroxylation is 1. The van der Waals surface area contributed by atoms with E-state index in [0.29, 0.717) is 51.3 Å². The third-order valence-electron chi connectivity index (χ3n) is 5.68. The molecule has 7 heteroatoms. The third-order valence-corrected chi connectivity index (χ3v) is 5.68. The Morgan fingerprint density at radius 1 is 1.03 bits per heavy atom. The minimum absolute atomic E-state index is 0.0563. The van der Waals surface area contributed by atoms with Crippen LogP contribution in [0, 0.1) is 0 Å². The van der Waals surface area contributed by atoms with Crippen molar-refractivity contribution in [1.82, 2.24) is 10.2 Å². The van der Waals surface area contributed by atoms with Crippen molar-refractivity contribution in [3.8, 4) is 17.2 Å². The van der Waals surface area contributed by atoms with Crippen molar-refractivity contribution >= 4 is 11.8 Å². The molecule has 1 aliphatic heterocycles. The Hall–Kier alpha value is -3.22. The fourth-order valence-corrected chi connectivity index (χ4v) is 3.85. The van der Waals surface area contributed by atoms with Crippen molar-refractivity contribution in [2.45, 2.75) is 52.1 Å². The fraction of sp³-hybridized carbons (Fsp3) is 0.462. The Bertz CT molecular complexity index is 929. The molecule has 0 spiro atoms. The molecule has 0 bridgehead atoms. The van der Waals surface area contributed by atoms with E-state index in [4.69, 9.17) is 14.2 Å². The molecule has 178 valence electrons. The van der Waals surface area contributed by atoms with E-state index in [1.807, 2.05) is 56.3 Å². The zero-order chi connectivity index (χ0) is 23.6. The number of carbonyl (C=O) groups excluding carboxylic acids is 2. The number of ether oxygens (including phenoxy) is 3. The first-order chi connectivity index (χ1) is 16.0. The number of nitrogens with zero attached hydrogens (tertiary/aromatic N) is 1. The van der Waals surface area contributed by atoms with E-state index < -0.39 is 6.04 Å². The quantitative estimate of drug-likeness (QED) is 0.560. The second-order valence-corrected chi connectivity index (χ2v) is 8.06. The van der Waals surface area contributed by atoms with Crippen molar-refractivity contribution in [2.24, 2.45) is 0 Å². The first-order valence-corrected chi connectivity index (χ1v) is 11.6. The van der Waals surface area contributed by atoms with Crippen molar-refractivity contribution in [3.05, 3.63) is 53.6 Å². The maximum atomic E-state index is 13.4. The lowest BCUT2D eigenvalue weighted by molar-refractivity contribution is -0.141. The van der Waals surface area contributed by atoms with Gasteiger partial charge in [-0.3, -0.25) is 9.59 Å². The maximum absolute atomic E-state index is 13.4. The predicted octanol–water partition coefficient (Wildman–Crippen LogP) is 3.73. The number of carbonyl (C=O) groups is 2. The highest BCUT2D eigenvalue weighted by atomic mass is 16.6. The topological polar surface area (TPSA) is 77.1 Å². The van der Waals surface area contributed by atoms with Crippen LogP contribution >= 0.6 is 0 Å². The van der Waals surface area contributed by atoms with E-state index in [1.165, 1.54) is 0 Å². The Labute approximate surface area is 196 Å². The lowest BCUT2D eigenvalue weighted by Crippen LogP contribution is -2.49. The van der Waals surface area contributed by atoms with Gasteiger partial charge in [0.05, 0.1) is 7.11 Å². The number of methoxy groups -OCH3 is 1. The molecule has 0 aromatic heterocycles. The van der Waals surface area contributed by atoms with Gasteiger partial charge in [0.25, 0.3) is 0 Å². The molecule has 33 heavy (non-hydrogen) atoms. The minimum atomic E-state index is -0.522. The standard InChI is InChI=1S/C26H34N2O5/c1-4-14-27-26(30)22(5-2)28(18-20-6-10-21(31-3)11-7-20)25(29)13-9-19-8-12-23-24(17-19)33-16-15-32-23/h6-8,10-12,17,22H,4-5,9,13-16,18H2,1-3H3,(H,27,30)/t22-/m0/s1. The van der Waals surface area contributed by atoms with Gasteiger partial charge in [-0.25, -0.2) is 0 Å². The van der Waals surface area contributed by atoms with E-state index in [-0.39, 0.29) is 11.8 Å². The SMILES string of the molecule is CCCNC(=O)[C@H](CC)N(Cc1ccc(OC)cc1)C(=O)CCc1ccc2c(c1)OCCO2. The van der Waals surface area contributed by atoms with E-state index >= 15 is 0 Å². The molecular weight excluding hydrogens is 420 g/mol. The zero-order valence-electron chi connectivity index (χ0n) is 19.8. The van der Waals surface area contributed by atoms with E-state index in [9.17, 15) is 9.59 Å². The van der Waals surface area contributed by atoms with Crippen LogP contribution in [0.5, 0.6) is 17.2 Å². The first kappa shape index (κ1) is 24.4. The fourth-order valence-electron chi connectivity index (χ4n) is 3.85. The predicted molar refractivity (Wildman–Crippen MR) is 127 cm³/mol. The maximum Gasteiger partial charge on any atom is 0.242 e. The molecule has 7 nitrogen and oxygen atoms in total. The molecule has 3 rings (SSSR count). The van der Waals surface area contributed by atoms with Crippen LogP contribution in [0.3, 0.4) is 0 Å². The highest BCUT2D eigenvalue weighted by molar-refractivity contribution is 5.87. The Kier molecular flexibility index (Phi) is 8.98. The molecular formula is C26H34N2O5. The molecule has 1 heterocycles. The normalized spacial score (nSPS) is 13.2. The lowest BCUT2D eigenvalue weighted by atomic mass is 10.1. The number of rotatable bonds is 11. The summed E-state index contributed by atoms with van der Waals surface area (Å²) in [4.78, 5) is 27.9. The molecule has 0 fully saturated rings. The zero-order valence-corrected chi connectivity index (χ0v) is 19.8. The summed E-state index contributed by atoms with van der Waals surface area (Å²) in [6.07, 6.45) is 2.25.